The van der Waals surface area contributed by atoms with Gasteiger partial charge in [0, 0.05) is 33.1 Å². The van der Waals surface area contributed by atoms with Gasteiger partial charge in [0.25, 0.3) is 0 Å². The second-order valence-electron chi connectivity index (χ2n) is 4.54. The Bertz CT molecular complexity index is 404. The maximum Gasteiger partial charge on any atom is 0.240 e. The quantitative estimate of drug-likeness (QED) is 0.764. The van der Waals surface area contributed by atoms with E-state index in [0.717, 1.165) is 19.5 Å². The summed E-state index contributed by atoms with van der Waals surface area (Å²) >= 11 is 0. The number of aromatic nitrogens is 2. The van der Waals surface area contributed by atoms with Gasteiger partial charge in [-0.25, -0.2) is 0 Å². The fraction of sp³-hybridized carbons (Fsp3) is 0.727. The number of carbonyl (C=O) groups is 1. The molecule has 0 aromatic carbocycles. The summed E-state index contributed by atoms with van der Waals surface area (Å²) in [6.45, 7) is 5.91. The highest BCUT2D eigenvalue weighted by Crippen LogP contribution is 2.16. The molecule has 6 heteroatoms. The molecule has 94 valence electrons. The maximum atomic E-state index is 11.3. The van der Waals surface area contributed by atoms with Crippen molar-refractivity contribution in [2.45, 2.75) is 32.9 Å². The lowest BCUT2D eigenvalue weighted by atomic mass is 10.2. The highest BCUT2D eigenvalue weighted by atomic mass is 16.5. The summed E-state index contributed by atoms with van der Waals surface area (Å²) in [5.41, 5.74) is 0. The molecular formula is C11H18N4O2. The highest BCUT2D eigenvalue weighted by molar-refractivity contribution is 5.73. The predicted molar refractivity (Wildman–Crippen MR) is 61.2 cm³/mol. The first-order valence-corrected chi connectivity index (χ1v) is 5.81. The minimum atomic E-state index is 0.116. The van der Waals surface area contributed by atoms with Crippen molar-refractivity contribution in [1.29, 1.82) is 0 Å². The van der Waals surface area contributed by atoms with Gasteiger partial charge in [0.1, 0.15) is 0 Å². The Morgan fingerprint density at radius 3 is 3.00 bits per heavy atom. The van der Waals surface area contributed by atoms with Gasteiger partial charge in [-0.1, -0.05) is 5.16 Å². The van der Waals surface area contributed by atoms with Crippen molar-refractivity contribution in [3.63, 3.8) is 0 Å². The molecule has 1 aliphatic rings. The molecule has 1 atom stereocenters. The molecule has 1 aromatic rings. The van der Waals surface area contributed by atoms with Crippen LogP contribution in [0.5, 0.6) is 0 Å². The first kappa shape index (κ1) is 12.0. The smallest absolute Gasteiger partial charge is 0.240 e. The zero-order chi connectivity index (χ0) is 12.4. The van der Waals surface area contributed by atoms with Crippen LogP contribution in [0, 0.1) is 6.92 Å². The van der Waals surface area contributed by atoms with Crippen molar-refractivity contribution in [3.05, 3.63) is 11.7 Å². The molecule has 0 saturated carbocycles. The Kier molecular flexibility index (Phi) is 3.42. The van der Waals surface area contributed by atoms with Gasteiger partial charge < -0.3 is 9.42 Å². The van der Waals surface area contributed by atoms with Gasteiger partial charge in [0.05, 0.1) is 6.54 Å². The molecule has 0 bridgehead atoms. The third-order valence-electron chi connectivity index (χ3n) is 3.22. The van der Waals surface area contributed by atoms with Crippen molar-refractivity contribution >= 4 is 5.91 Å². The van der Waals surface area contributed by atoms with E-state index in [1.165, 1.54) is 0 Å². The van der Waals surface area contributed by atoms with Crippen LogP contribution in [-0.2, 0) is 11.3 Å². The van der Waals surface area contributed by atoms with Gasteiger partial charge in [0.2, 0.25) is 11.8 Å². The number of amides is 1. The average molecular weight is 238 g/mol. The molecule has 2 heterocycles. The van der Waals surface area contributed by atoms with Crippen LogP contribution in [0.15, 0.2) is 4.52 Å². The molecule has 1 amide bonds. The fourth-order valence-electron chi connectivity index (χ4n) is 2.12. The van der Waals surface area contributed by atoms with E-state index in [1.54, 1.807) is 11.8 Å². The van der Waals surface area contributed by atoms with E-state index in [9.17, 15) is 4.79 Å². The highest BCUT2D eigenvalue weighted by Gasteiger charge is 2.27. The minimum absolute atomic E-state index is 0.116. The van der Waals surface area contributed by atoms with E-state index >= 15 is 0 Å². The molecule has 0 spiro atoms. The zero-order valence-corrected chi connectivity index (χ0v) is 10.5. The number of likely N-dealkylation sites (tertiary alicyclic amines) is 1. The predicted octanol–water partition coefficient (Wildman–Crippen LogP) is 0.431. The van der Waals surface area contributed by atoms with Crippen LogP contribution in [0.2, 0.25) is 0 Å². The van der Waals surface area contributed by atoms with Gasteiger partial charge in [-0.15, -0.1) is 0 Å². The molecule has 0 N–H and O–H groups in total. The molecule has 1 aromatic heterocycles. The van der Waals surface area contributed by atoms with Crippen LogP contribution >= 0.6 is 0 Å². The van der Waals surface area contributed by atoms with E-state index in [0.29, 0.717) is 24.3 Å². The summed E-state index contributed by atoms with van der Waals surface area (Å²) in [6.07, 6.45) is 1.00. The summed E-state index contributed by atoms with van der Waals surface area (Å²) in [5.74, 6) is 1.43. The largest absolute Gasteiger partial charge is 0.342 e. The SMILES string of the molecule is CC(=O)N(C)C1CCN(Cc2nc(C)no2)C1. The van der Waals surface area contributed by atoms with Crippen LogP contribution in [0.4, 0.5) is 0 Å². The van der Waals surface area contributed by atoms with Crippen LogP contribution < -0.4 is 0 Å². The van der Waals surface area contributed by atoms with E-state index in [1.807, 2.05) is 14.0 Å². The van der Waals surface area contributed by atoms with Gasteiger partial charge in [0.15, 0.2) is 5.82 Å². The topological polar surface area (TPSA) is 62.5 Å². The number of carbonyl (C=O) groups excluding carboxylic acids is 1. The molecule has 1 saturated heterocycles. The molecule has 1 aliphatic heterocycles. The lowest BCUT2D eigenvalue weighted by Gasteiger charge is -2.23. The third kappa shape index (κ3) is 2.82. The second-order valence-corrected chi connectivity index (χ2v) is 4.54. The van der Waals surface area contributed by atoms with Crippen molar-refractivity contribution in [3.8, 4) is 0 Å². The van der Waals surface area contributed by atoms with Crippen molar-refractivity contribution in [2.75, 3.05) is 20.1 Å². The maximum absolute atomic E-state index is 11.3. The van der Waals surface area contributed by atoms with Crippen LogP contribution in [-0.4, -0.2) is 52.0 Å². The number of rotatable bonds is 3. The fourth-order valence-corrected chi connectivity index (χ4v) is 2.12. The first-order valence-electron chi connectivity index (χ1n) is 5.81. The molecule has 0 radical (unpaired) electrons. The zero-order valence-electron chi connectivity index (χ0n) is 10.5. The Balaban J connectivity index is 1.88. The summed E-state index contributed by atoms with van der Waals surface area (Å²) in [7, 11) is 1.85. The molecule has 0 aliphatic carbocycles. The monoisotopic (exact) mass is 238 g/mol. The Labute approximate surface area is 101 Å². The number of hydrogen-bond donors (Lipinski definition) is 0. The van der Waals surface area contributed by atoms with Crippen LogP contribution in [0.3, 0.4) is 0 Å². The van der Waals surface area contributed by atoms with E-state index < -0.39 is 0 Å². The summed E-state index contributed by atoms with van der Waals surface area (Å²) < 4.78 is 5.09. The van der Waals surface area contributed by atoms with Crippen LogP contribution in [0.1, 0.15) is 25.1 Å². The lowest BCUT2D eigenvalue weighted by Crippen LogP contribution is -2.37. The Morgan fingerprint density at radius 1 is 1.65 bits per heavy atom. The molecule has 2 rings (SSSR count). The minimum Gasteiger partial charge on any atom is -0.342 e. The normalized spacial score (nSPS) is 20.8. The number of nitrogens with zero attached hydrogens (tertiary/aromatic N) is 4. The number of likely N-dealkylation sites (N-methyl/N-ethyl adjacent to an activating group) is 1. The summed E-state index contributed by atoms with van der Waals surface area (Å²) in [5, 5.41) is 3.76. The first-order chi connectivity index (χ1) is 8.06. The van der Waals surface area contributed by atoms with Crippen molar-refractivity contribution in [1.82, 2.24) is 19.9 Å². The number of hydrogen-bond acceptors (Lipinski definition) is 5. The van der Waals surface area contributed by atoms with E-state index in [4.69, 9.17) is 4.52 Å². The lowest BCUT2D eigenvalue weighted by molar-refractivity contribution is -0.129. The van der Waals surface area contributed by atoms with E-state index in [-0.39, 0.29) is 5.91 Å². The molecular weight excluding hydrogens is 220 g/mol. The van der Waals surface area contributed by atoms with Gasteiger partial charge >= 0.3 is 0 Å². The standard InChI is InChI=1S/C11H18N4O2/c1-8-12-11(17-13-8)7-15-5-4-10(6-15)14(3)9(2)16/h10H,4-7H2,1-3H3. The summed E-state index contributed by atoms with van der Waals surface area (Å²) in [4.78, 5) is 19.5. The number of aryl methyl sites for hydroxylation is 1. The molecule has 6 nitrogen and oxygen atoms in total. The summed E-state index contributed by atoms with van der Waals surface area (Å²) in [6, 6.07) is 0.302. The Hall–Kier alpha value is -1.43. The van der Waals surface area contributed by atoms with Crippen LogP contribution in [0.25, 0.3) is 0 Å². The third-order valence-corrected chi connectivity index (χ3v) is 3.22. The molecule has 17 heavy (non-hydrogen) atoms. The van der Waals surface area contributed by atoms with Crippen molar-refractivity contribution < 1.29 is 9.32 Å². The molecule has 1 unspecified atom stereocenters. The van der Waals surface area contributed by atoms with Gasteiger partial charge in [-0.2, -0.15) is 4.98 Å². The second kappa shape index (κ2) is 4.83. The van der Waals surface area contributed by atoms with E-state index in [2.05, 4.69) is 15.0 Å². The van der Waals surface area contributed by atoms with Crippen molar-refractivity contribution in [2.24, 2.45) is 0 Å². The average Bonchev–Trinajstić information content (AvgIpc) is 2.87. The molecule has 1 fully saturated rings. The Morgan fingerprint density at radius 2 is 2.41 bits per heavy atom. The van der Waals surface area contributed by atoms with Gasteiger partial charge in [-0.05, 0) is 13.3 Å². The van der Waals surface area contributed by atoms with Gasteiger partial charge in [-0.3, -0.25) is 9.69 Å².